The quantitative estimate of drug-likeness (QED) is 0.280. The Hall–Kier alpha value is -0.860. The zero-order valence-corrected chi connectivity index (χ0v) is 17.1. The van der Waals surface area contributed by atoms with Crippen LogP contribution >= 0.6 is 24.0 Å². The van der Waals surface area contributed by atoms with Crippen molar-refractivity contribution < 1.29 is 4.74 Å². The molecule has 0 amide bonds. The number of nitrogens with zero attached hydrogens (tertiary/aromatic N) is 3. The molecule has 0 radical (unpaired) electrons. The Balaban J connectivity index is 0.00000484. The van der Waals surface area contributed by atoms with Crippen molar-refractivity contribution in [3.05, 3.63) is 35.9 Å². The molecule has 6 heteroatoms. The second-order valence-corrected chi connectivity index (χ2v) is 5.47. The summed E-state index contributed by atoms with van der Waals surface area (Å²) in [6, 6.07) is 10.4. The van der Waals surface area contributed by atoms with E-state index < -0.39 is 0 Å². The molecule has 0 bridgehead atoms. The lowest BCUT2D eigenvalue weighted by molar-refractivity contribution is 0.161. The van der Waals surface area contributed by atoms with Crippen molar-refractivity contribution in [2.45, 2.75) is 13.0 Å². The minimum Gasteiger partial charge on any atom is -0.383 e. The van der Waals surface area contributed by atoms with Crippen molar-refractivity contribution in [3.63, 3.8) is 0 Å². The van der Waals surface area contributed by atoms with E-state index in [9.17, 15) is 0 Å². The molecule has 23 heavy (non-hydrogen) atoms. The third-order valence-electron chi connectivity index (χ3n) is 3.51. The highest BCUT2D eigenvalue weighted by molar-refractivity contribution is 14.0. The predicted octanol–water partition coefficient (Wildman–Crippen LogP) is 2.28. The van der Waals surface area contributed by atoms with Gasteiger partial charge in [-0.15, -0.1) is 24.0 Å². The summed E-state index contributed by atoms with van der Waals surface area (Å²) in [6.45, 7) is 4.58. The number of hydrogen-bond acceptors (Lipinski definition) is 3. The first kappa shape index (κ1) is 22.1. The minimum atomic E-state index is 0. The predicted molar refractivity (Wildman–Crippen MR) is 109 cm³/mol. The normalized spacial score (nSPS) is 11.3. The lowest BCUT2D eigenvalue weighted by atomic mass is 10.2. The second kappa shape index (κ2) is 13.6. The highest BCUT2D eigenvalue weighted by atomic mass is 127. The van der Waals surface area contributed by atoms with Crippen molar-refractivity contribution >= 4 is 29.9 Å². The van der Waals surface area contributed by atoms with Crippen LogP contribution in [-0.4, -0.2) is 70.3 Å². The van der Waals surface area contributed by atoms with Crippen molar-refractivity contribution in [2.75, 3.05) is 54.5 Å². The fraction of sp³-hybridized carbons (Fsp3) is 0.588. The summed E-state index contributed by atoms with van der Waals surface area (Å²) >= 11 is 0. The Morgan fingerprint density at radius 3 is 2.48 bits per heavy atom. The molecule has 0 aliphatic heterocycles. The fourth-order valence-corrected chi connectivity index (χ4v) is 2.22. The molecule has 0 unspecified atom stereocenters. The van der Waals surface area contributed by atoms with Gasteiger partial charge in [0.25, 0.3) is 0 Å². The molecule has 0 saturated carbocycles. The van der Waals surface area contributed by atoms with Gasteiger partial charge in [-0.25, -0.2) is 0 Å². The maximum atomic E-state index is 5.08. The lowest BCUT2D eigenvalue weighted by Gasteiger charge is -2.23. The van der Waals surface area contributed by atoms with Gasteiger partial charge < -0.3 is 19.9 Å². The second-order valence-electron chi connectivity index (χ2n) is 5.47. The minimum absolute atomic E-state index is 0. The highest BCUT2D eigenvalue weighted by Gasteiger charge is 2.06. The summed E-state index contributed by atoms with van der Waals surface area (Å²) in [4.78, 5) is 8.77. The summed E-state index contributed by atoms with van der Waals surface area (Å²) in [7, 11) is 7.75. The topological polar surface area (TPSA) is 40.1 Å². The maximum Gasteiger partial charge on any atom is 0.193 e. The SMILES string of the molecule is CN=C(NCCCN(C)CCOC)N(C)Cc1ccccc1.I. The van der Waals surface area contributed by atoms with Crippen molar-refractivity contribution in [3.8, 4) is 0 Å². The Morgan fingerprint density at radius 1 is 1.17 bits per heavy atom. The first-order valence-electron chi connectivity index (χ1n) is 7.80. The van der Waals surface area contributed by atoms with E-state index in [1.807, 2.05) is 13.1 Å². The van der Waals surface area contributed by atoms with Crippen molar-refractivity contribution in [1.82, 2.24) is 15.1 Å². The zero-order chi connectivity index (χ0) is 16.2. The van der Waals surface area contributed by atoms with Crippen LogP contribution in [0.3, 0.4) is 0 Å². The third-order valence-corrected chi connectivity index (χ3v) is 3.51. The number of likely N-dealkylation sites (N-methyl/N-ethyl adjacent to an activating group) is 1. The van der Waals surface area contributed by atoms with Crippen molar-refractivity contribution in [1.29, 1.82) is 0 Å². The van der Waals surface area contributed by atoms with Gasteiger partial charge in [0, 0.05) is 40.8 Å². The van der Waals surface area contributed by atoms with Crippen LogP contribution in [0.2, 0.25) is 0 Å². The number of methoxy groups -OCH3 is 1. The summed E-state index contributed by atoms with van der Waals surface area (Å²) < 4.78 is 5.08. The summed E-state index contributed by atoms with van der Waals surface area (Å²) in [5.74, 6) is 0.934. The van der Waals surface area contributed by atoms with Gasteiger partial charge in [0.15, 0.2) is 5.96 Å². The molecule has 132 valence electrons. The number of aliphatic imine (C=N–C) groups is 1. The first-order chi connectivity index (χ1) is 10.7. The van der Waals surface area contributed by atoms with Crippen LogP contribution in [0.4, 0.5) is 0 Å². The van der Waals surface area contributed by atoms with Crippen LogP contribution < -0.4 is 5.32 Å². The van der Waals surface area contributed by atoms with E-state index in [1.54, 1.807) is 7.11 Å². The van der Waals surface area contributed by atoms with E-state index in [0.29, 0.717) is 0 Å². The summed E-state index contributed by atoms with van der Waals surface area (Å²) in [5.41, 5.74) is 1.28. The fourth-order valence-electron chi connectivity index (χ4n) is 2.22. The number of rotatable bonds is 9. The highest BCUT2D eigenvalue weighted by Crippen LogP contribution is 2.02. The van der Waals surface area contributed by atoms with Gasteiger partial charge in [0.1, 0.15) is 0 Å². The molecule has 0 spiro atoms. The summed E-state index contributed by atoms with van der Waals surface area (Å²) in [6.07, 6.45) is 1.08. The number of ether oxygens (including phenoxy) is 1. The molecule has 1 aromatic carbocycles. The average molecular weight is 434 g/mol. The Kier molecular flexibility index (Phi) is 13.1. The number of nitrogens with one attached hydrogen (secondary N) is 1. The molecule has 0 heterocycles. The number of guanidine groups is 1. The van der Waals surface area contributed by atoms with E-state index in [1.165, 1.54) is 5.56 Å². The van der Waals surface area contributed by atoms with E-state index >= 15 is 0 Å². The number of hydrogen-bond donors (Lipinski definition) is 1. The van der Waals surface area contributed by atoms with Gasteiger partial charge in [-0.2, -0.15) is 0 Å². The molecule has 1 aromatic rings. The standard InChI is InChI=1S/C17H30N4O.HI/c1-18-17(19-11-8-12-20(2)13-14-22-4)21(3)15-16-9-6-5-7-10-16;/h5-7,9-10H,8,11-15H2,1-4H3,(H,18,19);1H. The Morgan fingerprint density at radius 2 is 1.87 bits per heavy atom. The molecule has 0 saturated heterocycles. The molecule has 0 aliphatic rings. The van der Waals surface area contributed by atoms with Gasteiger partial charge in [-0.1, -0.05) is 30.3 Å². The van der Waals surface area contributed by atoms with E-state index in [4.69, 9.17) is 4.74 Å². The van der Waals surface area contributed by atoms with Gasteiger partial charge >= 0.3 is 0 Å². The Labute approximate surface area is 158 Å². The van der Waals surface area contributed by atoms with Gasteiger partial charge in [0.05, 0.1) is 6.61 Å². The molecular formula is C17H31IN4O. The number of benzene rings is 1. The van der Waals surface area contributed by atoms with Crippen LogP contribution in [0, 0.1) is 0 Å². The van der Waals surface area contributed by atoms with Crippen LogP contribution in [0.25, 0.3) is 0 Å². The molecule has 1 N–H and O–H groups in total. The molecular weight excluding hydrogens is 403 g/mol. The monoisotopic (exact) mass is 434 g/mol. The Bertz CT molecular complexity index is 428. The molecule has 0 aromatic heterocycles. The smallest absolute Gasteiger partial charge is 0.193 e. The van der Waals surface area contributed by atoms with E-state index in [0.717, 1.165) is 45.2 Å². The van der Waals surface area contributed by atoms with Crippen molar-refractivity contribution in [2.24, 2.45) is 4.99 Å². The molecule has 5 nitrogen and oxygen atoms in total. The van der Waals surface area contributed by atoms with Gasteiger partial charge in [-0.05, 0) is 25.6 Å². The molecule has 1 rings (SSSR count). The van der Waals surface area contributed by atoms with Gasteiger partial charge in [-0.3, -0.25) is 4.99 Å². The van der Waals surface area contributed by atoms with Crippen LogP contribution in [0.1, 0.15) is 12.0 Å². The maximum absolute atomic E-state index is 5.08. The zero-order valence-electron chi connectivity index (χ0n) is 14.8. The lowest BCUT2D eigenvalue weighted by Crippen LogP contribution is -2.39. The largest absolute Gasteiger partial charge is 0.383 e. The van der Waals surface area contributed by atoms with Gasteiger partial charge in [0.2, 0.25) is 0 Å². The first-order valence-corrected chi connectivity index (χ1v) is 7.80. The summed E-state index contributed by atoms with van der Waals surface area (Å²) in [5, 5.41) is 3.42. The van der Waals surface area contributed by atoms with E-state index in [2.05, 4.69) is 58.5 Å². The van der Waals surface area contributed by atoms with Crippen LogP contribution in [0.5, 0.6) is 0 Å². The van der Waals surface area contributed by atoms with Crippen LogP contribution in [-0.2, 0) is 11.3 Å². The van der Waals surface area contributed by atoms with Crippen LogP contribution in [0.15, 0.2) is 35.3 Å². The third kappa shape index (κ3) is 9.78. The molecule has 0 atom stereocenters. The average Bonchev–Trinajstić information content (AvgIpc) is 2.53. The number of halogens is 1. The molecule has 0 fully saturated rings. The molecule has 0 aliphatic carbocycles. The van der Waals surface area contributed by atoms with E-state index in [-0.39, 0.29) is 24.0 Å².